The molecule has 1 heteroatoms. The first-order valence-electron chi connectivity index (χ1n) is 5.72. The number of hydrogen-bond acceptors (Lipinski definition) is 1. The molecule has 1 aliphatic rings. The van der Waals surface area contributed by atoms with Gasteiger partial charge in [0.15, 0.2) is 5.78 Å². The maximum atomic E-state index is 12.0. The number of carbonyl (C=O) groups excluding carboxylic acids is 1. The van der Waals surface area contributed by atoms with Gasteiger partial charge in [-0.25, -0.2) is 0 Å². The van der Waals surface area contributed by atoms with Crippen LogP contribution in [0.4, 0.5) is 0 Å². The van der Waals surface area contributed by atoms with E-state index >= 15 is 0 Å². The van der Waals surface area contributed by atoms with Crippen LogP contribution >= 0.6 is 0 Å². The summed E-state index contributed by atoms with van der Waals surface area (Å²) in [6.45, 7) is 12.6. The molecule has 0 aromatic heterocycles. The first-order valence-corrected chi connectivity index (χ1v) is 5.72. The van der Waals surface area contributed by atoms with E-state index < -0.39 is 0 Å². The molecule has 2 atom stereocenters. The van der Waals surface area contributed by atoms with E-state index in [9.17, 15) is 4.79 Å². The van der Waals surface area contributed by atoms with E-state index in [0.717, 1.165) is 18.4 Å². The molecule has 84 valence electrons. The summed E-state index contributed by atoms with van der Waals surface area (Å²) in [7, 11) is 0. The van der Waals surface area contributed by atoms with Crippen LogP contribution in [0.25, 0.3) is 0 Å². The molecule has 0 saturated heterocycles. The molecule has 1 fully saturated rings. The maximum absolute atomic E-state index is 12.0. The lowest BCUT2D eigenvalue weighted by Crippen LogP contribution is -2.37. The van der Waals surface area contributed by atoms with E-state index in [1.165, 1.54) is 0 Å². The van der Waals surface area contributed by atoms with Crippen molar-refractivity contribution in [2.24, 2.45) is 17.3 Å². The van der Waals surface area contributed by atoms with Crippen molar-refractivity contribution in [3.8, 4) is 0 Å². The molecule has 0 N–H and O–H groups in total. The minimum Gasteiger partial charge on any atom is -0.294 e. The zero-order valence-electron chi connectivity index (χ0n) is 10.3. The molecule has 0 heterocycles. The first kappa shape index (κ1) is 12.2. The summed E-state index contributed by atoms with van der Waals surface area (Å²) in [4.78, 5) is 12.0. The van der Waals surface area contributed by atoms with Gasteiger partial charge in [0.25, 0.3) is 0 Å². The Morgan fingerprint density at radius 2 is 2.13 bits per heavy atom. The molecule has 0 bridgehead atoms. The van der Waals surface area contributed by atoms with Gasteiger partial charge in [-0.2, -0.15) is 0 Å². The highest BCUT2D eigenvalue weighted by atomic mass is 16.1. The Bertz CT molecular complexity index is 296. The zero-order valence-corrected chi connectivity index (χ0v) is 10.3. The fourth-order valence-corrected chi connectivity index (χ4v) is 3.05. The molecule has 0 aliphatic heterocycles. The van der Waals surface area contributed by atoms with Crippen molar-refractivity contribution >= 4 is 5.78 Å². The highest BCUT2D eigenvalue weighted by molar-refractivity contribution is 5.94. The van der Waals surface area contributed by atoms with E-state index in [4.69, 9.17) is 0 Å². The largest absolute Gasteiger partial charge is 0.294 e. The Kier molecular flexibility index (Phi) is 3.54. The van der Waals surface area contributed by atoms with Crippen molar-refractivity contribution in [1.29, 1.82) is 0 Å². The topological polar surface area (TPSA) is 17.1 Å². The smallest absolute Gasteiger partial charge is 0.162 e. The molecular formula is C14H22O. The minimum absolute atomic E-state index is 0.0184. The van der Waals surface area contributed by atoms with Gasteiger partial charge < -0.3 is 0 Å². The number of rotatable bonds is 2. The second kappa shape index (κ2) is 4.34. The van der Waals surface area contributed by atoms with Crippen molar-refractivity contribution in [2.45, 2.75) is 40.5 Å². The summed E-state index contributed by atoms with van der Waals surface area (Å²) in [5.74, 6) is 0.895. The number of ketones is 1. The predicted octanol–water partition coefficient (Wildman–Crippen LogP) is 3.76. The molecule has 0 spiro atoms. The van der Waals surface area contributed by atoms with Crippen LogP contribution < -0.4 is 0 Å². The molecule has 0 aromatic rings. The van der Waals surface area contributed by atoms with Crippen molar-refractivity contribution in [3.63, 3.8) is 0 Å². The Morgan fingerprint density at radius 3 is 2.60 bits per heavy atom. The van der Waals surface area contributed by atoms with Gasteiger partial charge in [0.05, 0.1) is 0 Å². The summed E-state index contributed by atoms with van der Waals surface area (Å²) in [5.41, 5.74) is 1.17. The van der Waals surface area contributed by atoms with Crippen LogP contribution in [0.15, 0.2) is 24.3 Å². The van der Waals surface area contributed by atoms with Crippen LogP contribution in [0.2, 0.25) is 0 Å². The van der Waals surface area contributed by atoms with Gasteiger partial charge in [-0.15, -0.1) is 0 Å². The average molecular weight is 206 g/mol. The normalized spacial score (nSPS) is 30.8. The van der Waals surface area contributed by atoms with Gasteiger partial charge in [-0.3, -0.25) is 4.79 Å². The van der Waals surface area contributed by atoms with E-state index in [1.807, 2.05) is 13.0 Å². The first-order chi connectivity index (χ1) is 6.88. The third-order valence-corrected chi connectivity index (χ3v) is 3.29. The quantitative estimate of drug-likeness (QED) is 0.496. The van der Waals surface area contributed by atoms with E-state index in [0.29, 0.717) is 5.92 Å². The van der Waals surface area contributed by atoms with E-state index in [1.54, 1.807) is 6.08 Å². The molecule has 1 rings (SSSR count). The third kappa shape index (κ3) is 2.58. The fourth-order valence-electron chi connectivity index (χ4n) is 3.05. The highest BCUT2D eigenvalue weighted by Crippen LogP contribution is 2.46. The Labute approximate surface area is 93.3 Å². The third-order valence-electron chi connectivity index (χ3n) is 3.29. The van der Waals surface area contributed by atoms with Crippen LogP contribution in [0, 0.1) is 17.3 Å². The van der Waals surface area contributed by atoms with E-state index in [-0.39, 0.29) is 17.1 Å². The second-order valence-electron chi connectivity index (χ2n) is 5.50. The Morgan fingerprint density at radius 1 is 1.53 bits per heavy atom. The molecule has 1 aliphatic carbocycles. The van der Waals surface area contributed by atoms with Crippen LogP contribution in [0.3, 0.4) is 0 Å². The summed E-state index contributed by atoms with van der Waals surface area (Å²) >= 11 is 0. The molecule has 0 unspecified atom stereocenters. The Balaban J connectivity index is 2.94. The highest BCUT2D eigenvalue weighted by Gasteiger charge is 2.40. The lowest BCUT2D eigenvalue weighted by atomic mass is 9.62. The van der Waals surface area contributed by atoms with Gasteiger partial charge in [0, 0.05) is 5.92 Å². The predicted molar refractivity (Wildman–Crippen MR) is 64.6 cm³/mol. The van der Waals surface area contributed by atoms with Crippen LogP contribution in [0.5, 0.6) is 0 Å². The van der Waals surface area contributed by atoms with Crippen molar-refractivity contribution in [1.82, 2.24) is 0 Å². The molecule has 0 amide bonds. The van der Waals surface area contributed by atoms with Crippen LogP contribution in [-0.4, -0.2) is 5.78 Å². The van der Waals surface area contributed by atoms with Gasteiger partial charge in [0.1, 0.15) is 0 Å². The molecule has 1 nitrogen and oxygen atoms in total. The summed E-state index contributed by atoms with van der Waals surface area (Å²) < 4.78 is 0. The number of carbonyl (C=O) groups is 1. The summed E-state index contributed by atoms with van der Waals surface area (Å²) in [6.07, 6.45) is 5.62. The SMILES string of the molecule is C=C1C[C@@H](C)CC(C)(C)[C@@H]1C(=O)/C=C/C. The molecule has 0 aromatic carbocycles. The summed E-state index contributed by atoms with van der Waals surface area (Å²) in [5, 5.41) is 0. The van der Waals surface area contributed by atoms with Crippen molar-refractivity contribution in [3.05, 3.63) is 24.3 Å². The summed E-state index contributed by atoms with van der Waals surface area (Å²) in [6, 6.07) is 0. The van der Waals surface area contributed by atoms with Crippen molar-refractivity contribution in [2.75, 3.05) is 0 Å². The van der Waals surface area contributed by atoms with Crippen LogP contribution in [0.1, 0.15) is 40.5 Å². The minimum atomic E-state index is 0.0184. The van der Waals surface area contributed by atoms with Gasteiger partial charge in [0.2, 0.25) is 0 Å². The molecule has 0 radical (unpaired) electrons. The lowest BCUT2D eigenvalue weighted by molar-refractivity contribution is -0.121. The monoisotopic (exact) mass is 206 g/mol. The number of hydrogen-bond donors (Lipinski definition) is 0. The molecular weight excluding hydrogens is 184 g/mol. The van der Waals surface area contributed by atoms with Gasteiger partial charge in [-0.05, 0) is 37.2 Å². The average Bonchev–Trinajstić information content (AvgIpc) is 1.99. The van der Waals surface area contributed by atoms with Gasteiger partial charge >= 0.3 is 0 Å². The second-order valence-corrected chi connectivity index (χ2v) is 5.50. The van der Waals surface area contributed by atoms with Gasteiger partial charge in [-0.1, -0.05) is 39.0 Å². The molecule has 1 saturated carbocycles. The van der Waals surface area contributed by atoms with Crippen molar-refractivity contribution < 1.29 is 4.79 Å². The molecule has 15 heavy (non-hydrogen) atoms. The standard InChI is InChI=1S/C14H22O/c1-6-7-12(15)13-11(3)8-10(2)9-14(13,4)5/h6-7,10,13H,3,8-9H2,1-2,4-5H3/b7-6+/t10-,13+/m1/s1. The van der Waals surface area contributed by atoms with Crippen LogP contribution in [-0.2, 0) is 4.79 Å². The lowest BCUT2D eigenvalue weighted by Gasteiger charge is -2.41. The zero-order chi connectivity index (χ0) is 11.6. The van der Waals surface area contributed by atoms with E-state index in [2.05, 4.69) is 27.4 Å². The fraction of sp³-hybridized carbons (Fsp3) is 0.643. The Hall–Kier alpha value is -0.850. The maximum Gasteiger partial charge on any atom is 0.162 e. The number of allylic oxidation sites excluding steroid dienone is 3.